The third-order valence-electron chi connectivity index (χ3n) is 5.13. The van der Waals surface area contributed by atoms with E-state index in [9.17, 15) is 13.2 Å². The van der Waals surface area contributed by atoms with E-state index in [1.807, 2.05) is 49.4 Å². The maximum Gasteiger partial charge on any atom is 0.254 e. The van der Waals surface area contributed by atoms with Crippen LogP contribution in [0.15, 0.2) is 81.1 Å². The number of rotatable bonds is 6. The van der Waals surface area contributed by atoms with Gasteiger partial charge in [0.2, 0.25) is 0 Å². The second kappa shape index (κ2) is 8.70. The number of amides is 1. The monoisotopic (exact) mass is 441 g/mol. The van der Waals surface area contributed by atoms with Gasteiger partial charge in [0.05, 0.1) is 18.1 Å². The first-order valence-electron chi connectivity index (χ1n) is 9.79. The van der Waals surface area contributed by atoms with Crippen molar-refractivity contribution in [3.63, 3.8) is 0 Å². The molecule has 2 heterocycles. The van der Waals surface area contributed by atoms with Gasteiger partial charge in [-0.1, -0.05) is 47.7 Å². The summed E-state index contributed by atoms with van der Waals surface area (Å²) in [4.78, 5) is 15.9. The van der Waals surface area contributed by atoms with E-state index in [0.717, 1.165) is 9.99 Å². The van der Waals surface area contributed by atoms with Crippen LogP contribution in [0.5, 0.6) is 0 Å². The molecule has 156 valence electrons. The predicted molar refractivity (Wildman–Crippen MR) is 117 cm³/mol. The summed E-state index contributed by atoms with van der Waals surface area (Å²) in [7, 11) is -3.12. The van der Waals surface area contributed by atoms with Crippen LogP contribution in [0.3, 0.4) is 0 Å². The molecule has 7 heteroatoms. The van der Waals surface area contributed by atoms with Crippen LogP contribution in [0, 0.1) is 6.92 Å². The molecule has 1 aliphatic heterocycles. The lowest BCUT2D eigenvalue weighted by Crippen LogP contribution is -2.40. The van der Waals surface area contributed by atoms with Gasteiger partial charge in [-0.3, -0.25) is 4.79 Å². The van der Waals surface area contributed by atoms with Crippen LogP contribution in [-0.4, -0.2) is 36.8 Å². The van der Waals surface area contributed by atoms with Gasteiger partial charge in [0.15, 0.2) is 14.9 Å². The van der Waals surface area contributed by atoms with Crippen molar-refractivity contribution in [2.24, 2.45) is 0 Å². The number of sulfone groups is 1. The smallest absolute Gasteiger partial charge is 0.254 e. The van der Waals surface area contributed by atoms with Crippen LogP contribution < -0.4 is 0 Å². The summed E-state index contributed by atoms with van der Waals surface area (Å²) >= 11 is 1.52. The van der Waals surface area contributed by atoms with Crippen molar-refractivity contribution < 1.29 is 17.6 Å². The van der Waals surface area contributed by atoms with Gasteiger partial charge in [-0.25, -0.2) is 8.42 Å². The quantitative estimate of drug-likeness (QED) is 0.561. The van der Waals surface area contributed by atoms with Crippen molar-refractivity contribution >= 4 is 27.5 Å². The number of aryl methyl sites for hydroxylation is 1. The largest absolute Gasteiger partial charge is 0.453 e. The van der Waals surface area contributed by atoms with Gasteiger partial charge in [0, 0.05) is 16.5 Å². The summed E-state index contributed by atoms with van der Waals surface area (Å²) < 4.78 is 30.0. The molecule has 1 saturated heterocycles. The molecule has 1 atom stereocenters. The summed E-state index contributed by atoms with van der Waals surface area (Å²) in [5, 5.41) is 0.736. The van der Waals surface area contributed by atoms with Crippen LogP contribution in [0.1, 0.15) is 28.1 Å². The highest BCUT2D eigenvalue weighted by atomic mass is 32.2. The molecule has 0 N–H and O–H groups in total. The van der Waals surface area contributed by atoms with Crippen molar-refractivity contribution in [3.8, 4) is 0 Å². The lowest BCUT2D eigenvalue weighted by atomic mass is 10.1. The Kier molecular flexibility index (Phi) is 6.01. The van der Waals surface area contributed by atoms with Crippen molar-refractivity contribution in [1.82, 2.24) is 4.90 Å². The lowest BCUT2D eigenvalue weighted by molar-refractivity contribution is 0.0663. The molecule has 0 spiro atoms. The molecule has 0 saturated carbocycles. The van der Waals surface area contributed by atoms with E-state index in [1.54, 1.807) is 29.2 Å². The van der Waals surface area contributed by atoms with E-state index in [0.29, 0.717) is 17.7 Å². The number of carbonyl (C=O) groups is 1. The summed E-state index contributed by atoms with van der Waals surface area (Å²) in [6, 6.07) is 20.5. The number of nitrogens with zero attached hydrogens (tertiary/aromatic N) is 1. The number of carbonyl (C=O) groups excluding carboxylic acids is 1. The average molecular weight is 442 g/mol. The summed E-state index contributed by atoms with van der Waals surface area (Å²) in [6.07, 6.45) is 0.451. The van der Waals surface area contributed by atoms with E-state index in [4.69, 9.17) is 4.42 Å². The highest BCUT2D eigenvalue weighted by molar-refractivity contribution is 7.99. The zero-order valence-corrected chi connectivity index (χ0v) is 18.3. The minimum Gasteiger partial charge on any atom is -0.453 e. The van der Waals surface area contributed by atoms with E-state index in [2.05, 4.69) is 0 Å². The van der Waals surface area contributed by atoms with Crippen molar-refractivity contribution in [2.75, 3.05) is 11.5 Å². The van der Waals surface area contributed by atoms with Crippen LogP contribution in [-0.2, 0) is 16.4 Å². The second-order valence-electron chi connectivity index (χ2n) is 7.49. The summed E-state index contributed by atoms with van der Waals surface area (Å²) in [6.45, 7) is 2.28. The van der Waals surface area contributed by atoms with Gasteiger partial charge < -0.3 is 9.32 Å². The van der Waals surface area contributed by atoms with Crippen molar-refractivity contribution in [2.45, 2.75) is 35.9 Å². The Hall–Kier alpha value is -2.51. The molecule has 30 heavy (non-hydrogen) atoms. The molecule has 0 bridgehead atoms. The van der Waals surface area contributed by atoms with Crippen LogP contribution in [0.25, 0.3) is 0 Å². The number of benzene rings is 2. The standard InChI is InChI=1S/C23H23NO4S2/c1-17-7-10-21(11-8-17)29-22-12-9-20(28-22)15-24(19-13-14-30(26,27)16-19)23(25)18-5-3-2-4-6-18/h2-12,19H,13-16H2,1H3/t19-/m0/s1. The highest BCUT2D eigenvalue weighted by Crippen LogP contribution is 2.30. The zero-order valence-electron chi connectivity index (χ0n) is 16.7. The fraction of sp³-hybridized carbons (Fsp3) is 0.261. The van der Waals surface area contributed by atoms with Gasteiger partial charge in [0.1, 0.15) is 5.76 Å². The van der Waals surface area contributed by atoms with E-state index >= 15 is 0 Å². The Bertz CT molecular complexity index is 1120. The topological polar surface area (TPSA) is 67.6 Å². The predicted octanol–water partition coefficient (Wildman–Crippen LogP) is 4.57. The van der Waals surface area contributed by atoms with E-state index in [-0.39, 0.29) is 30.0 Å². The Morgan fingerprint density at radius 3 is 2.47 bits per heavy atom. The molecule has 1 amide bonds. The van der Waals surface area contributed by atoms with Crippen LogP contribution >= 0.6 is 11.8 Å². The fourth-order valence-electron chi connectivity index (χ4n) is 3.52. The minimum atomic E-state index is -3.12. The van der Waals surface area contributed by atoms with Gasteiger partial charge in [-0.2, -0.15) is 0 Å². The number of hydrogen-bond donors (Lipinski definition) is 0. The molecule has 2 aromatic carbocycles. The third-order valence-corrected chi connectivity index (χ3v) is 7.81. The maximum absolute atomic E-state index is 13.2. The average Bonchev–Trinajstić information content (AvgIpc) is 3.33. The Morgan fingerprint density at radius 2 is 1.80 bits per heavy atom. The second-order valence-corrected chi connectivity index (χ2v) is 10.8. The molecule has 1 aromatic heterocycles. The molecule has 3 aromatic rings. The van der Waals surface area contributed by atoms with Gasteiger partial charge in [-0.05, 0) is 49.7 Å². The van der Waals surface area contributed by atoms with Crippen molar-refractivity contribution in [3.05, 3.63) is 83.6 Å². The third kappa shape index (κ3) is 4.96. The lowest BCUT2D eigenvalue weighted by Gasteiger charge is -2.27. The highest BCUT2D eigenvalue weighted by Gasteiger charge is 2.35. The molecule has 5 nitrogen and oxygen atoms in total. The molecule has 0 unspecified atom stereocenters. The van der Waals surface area contributed by atoms with Crippen LogP contribution in [0.2, 0.25) is 0 Å². The van der Waals surface area contributed by atoms with E-state index in [1.165, 1.54) is 17.3 Å². The molecule has 0 aliphatic carbocycles. The Balaban J connectivity index is 1.54. The van der Waals surface area contributed by atoms with Gasteiger partial charge >= 0.3 is 0 Å². The summed E-state index contributed by atoms with van der Waals surface area (Å²) in [5.74, 6) is 0.570. The number of furan rings is 1. The first-order valence-corrected chi connectivity index (χ1v) is 12.4. The molecule has 1 fully saturated rings. The van der Waals surface area contributed by atoms with Gasteiger partial charge in [0.25, 0.3) is 5.91 Å². The molecule has 1 aliphatic rings. The van der Waals surface area contributed by atoms with E-state index < -0.39 is 9.84 Å². The molecular weight excluding hydrogens is 418 g/mol. The molecular formula is C23H23NO4S2. The van der Waals surface area contributed by atoms with Gasteiger partial charge in [-0.15, -0.1) is 0 Å². The maximum atomic E-state index is 13.2. The minimum absolute atomic E-state index is 0.00272. The Labute approximate surface area is 181 Å². The molecule has 4 rings (SSSR count). The first kappa shape index (κ1) is 20.8. The Morgan fingerprint density at radius 1 is 1.07 bits per heavy atom. The SMILES string of the molecule is Cc1ccc(Sc2ccc(CN(C(=O)c3ccccc3)[C@H]3CCS(=O)(=O)C3)o2)cc1. The zero-order chi connectivity index (χ0) is 21.1. The normalized spacial score (nSPS) is 17.7. The fourth-order valence-corrected chi connectivity index (χ4v) is 6.04. The summed E-state index contributed by atoms with van der Waals surface area (Å²) in [5.41, 5.74) is 1.74. The van der Waals surface area contributed by atoms with Crippen LogP contribution in [0.4, 0.5) is 0 Å². The number of hydrogen-bond acceptors (Lipinski definition) is 5. The van der Waals surface area contributed by atoms with Crippen molar-refractivity contribution in [1.29, 1.82) is 0 Å². The first-order chi connectivity index (χ1) is 14.4. The molecule has 0 radical (unpaired) electrons.